The van der Waals surface area contributed by atoms with Gasteiger partial charge in [0.15, 0.2) is 0 Å². The molecule has 0 aliphatic carbocycles. The highest BCUT2D eigenvalue weighted by Gasteiger charge is 2.55. The quantitative estimate of drug-likeness (QED) is 0.154. The molecule has 0 aromatic heterocycles. The summed E-state index contributed by atoms with van der Waals surface area (Å²) in [7, 11) is 1.22. The first-order valence-corrected chi connectivity index (χ1v) is 15.9. The molecule has 12 heteroatoms. The number of carbonyl (C=O) groups is 4. The molecular formula is C39H32F6N2O4. The lowest BCUT2D eigenvalue weighted by molar-refractivity contribution is -0.173. The van der Waals surface area contributed by atoms with Crippen molar-refractivity contribution in [2.75, 3.05) is 11.9 Å². The lowest BCUT2D eigenvalue weighted by Crippen LogP contribution is -2.41. The van der Waals surface area contributed by atoms with E-state index in [0.29, 0.717) is 11.1 Å². The summed E-state index contributed by atoms with van der Waals surface area (Å²) in [4.78, 5) is 54.0. The molecule has 2 atom stereocenters. The number of fused-ring (bicyclic) bond motifs is 2. The third kappa shape index (κ3) is 5.34. The Hall–Kier alpha value is -5.26. The molecular weight excluding hydrogens is 674 g/mol. The van der Waals surface area contributed by atoms with Crippen molar-refractivity contribution in [2.24, 2.45) is 0 Å². The molecule has 0 saturated heterocycles. The van der Waals surface area contributed by atoms with E-state index in [1.54, 1.807) is 32.9 Å². The van der Waals surface area contributed by atoms with Crippen molar-refractivity contribution in [1.82, 2.24) is 4.90 Å². The van der Waals surface area contributed by atoms with Gasteiger partial charge < -0.3 is 0 Å². The second-order valence-corrected chi connectivity index (χ2v) is 13.5. The number of nitrogens with zero attached hydrogens (tertiary/aromatic N) is 2. The summed E-state index contributed by atoms with van der Waals surface area (Å²) in [5.74, 6) is -5.19. The predicted molar refractivity (Wildman–Crippen MR) is 177 cm³/mol. The SMILES string of the molecule is Cc1cc(C)c(C(c2c(C)cc(N3C(=O)c4ccc(C(C)(c5ccc6c(c5)C(=O)N(C)C6=O)C(F)(F)F)cc4C3=O)cc2C)C(F)(F)F)c(C)c1. The summed E-state index contributed by atoms with van der Waals surface area (Å²) < 4.78 is 89.6. The Morgan fingerprint density at radius 2 is 0.941 bits per heavy atom. The largest absolute Gasteiger partial charge is 0.402 e. The molecule has 2 heterocycles. The summed E-state index contributed by atoms with van der Waals surface area (Å²) in [6.45, 7) is 8.83. The fourth-order valence-electron chi connectivity index (χ4n) is 7.61. The van der Waals surface area contributed by atoms with Gasteiger partial charge in [0.05, 0.1) is 27.9 Å². The second-order valence-electron chi connectivity index (χ2n) is 13.5. The van der Waals surface area contributed by atoms with Crippen LogP contribution in [0.5, 0.6) is 0 Å². The minimum absolute atomic E-state index is 0.0238. The number of hydrogen-bond donors (Lipinski definition) is 0. The Bertz CT molecular complexity index is 2170. The van der Waals surface area contributed by atoms with Crippen molar-refractivity contribution in [3.63, 3.8) is 0 Å². The van der Waals surface area contributed by atoms with Crippen LogP contribution in [0.4, 0.5) is 32.0 Å². The zero-order valence-corrected chi connectivity index (χ0v) is 28.6. The number of anilines is 1. The van der Waals surface area contributed by atoms with Crippen molar-refractivity contribution in [3.8, 4) is 0 Å². The van der Waals surface area contributed by atoms with Crippen LogP contribution in [-0.4, -0.2) is 47.9 Å². The van der Waals surface area contributed by atoms with Gasteiger partial charge in [-0.1, -0.05) is 29.8 Å². The highest BCUT2D eigenvalue weighted by atomic mass is 19.4. The molecule has 0 N–H and O–H groups in total. The number of carbonyl (C=O) groups excluding carboxylic acids is 4. The molecule has 6 rings (SSSR count). The van der Waals surface area contributed by atoms with E-state index in [0.717, 1.165) is 58.7 Å². The summed E-state index contributed by atoms with van der Waals surface area (Å²) in [5, 5.41) is 0. The molecule has 6 nitrogen and oxygen atoms in total. The van der Waals surface area contributed by atoms with Crippen molar-refractivity contribution < 1.29 is 45.5 Å². The van der Waals surface area contributed by atoms with Gasteiger partial charge in [0.25, 0.3) is 23.6 Å². The second kappa shape index (κ2) is 11.6. The number of halogens is 6. The Labute approximate surface area is 289 Å². The molecule has 264 valence electrons. The first-order chi connectivity index (χ1) is 23.6. The summed E-state index contributed by atoms with van der Waals surface area (Å²) in [6.07, 6.45) is -9.65. The number of rotatable bonds is 5. The number of hydrogen-bond acceptors (Lipinski definition) is 4. The third-order valence-corrected chi connectivity index (χ3v) is 10.2. The minimum atomic E-state index is -4.97. The van der Waals surface area contributed by atoms with E-state index >= 15 is 13.2 Å². The van der Waals surface area contributed by atoms with Crippen molar-refractivity contribution in [1.29, 1.82) is 0 Å². The zero-order chi connectivity index (χ0) is 37.7. The van der Waals surface area contributed by atoms with Crippen LogP contribution in [0.1, 0.15) is 104 Å². The highest BCUT2D eigenvalue weighted by Crippen LogP contribution is 2.49. The van der Waals surface area contributed by atoms with E-state index in [2.05, 4.69) is 0 Å². The van der Waals surface area contributed by atoms with Crippen LogP contribution < -0.4 is 4.90 Å². The summed E-state index contributed by atoms with van der Waals surface area (Å²) in [6, 6.07) is 12.4. The van der Waals surface area contributed by atoms with Gasteiger partial charge in [-0.25, -0.2) is 4.90 Å². The number of imide groups is 2. The molecule has 4 amide bonds. The smallest absolute Gasteiger partial charge is 0.277 e. The molecule has 2 unspecified atom stereocenters. The maximum atomic E-state index is 15.0. The van der Waals surface area contributed by atoms with E-state index in [4.69, 9.17) is 0 Å². The fourth-order valence-corrected chi connectivity index (χ4v) is 7.61. The number of amides is 4. The van der Waals surface area contributed by atoms with Crippen LogP contribution in [0.3, 0.4) is 0 Å². The molecule has 0 radical (unpaired) electrons. The molecule has 0 spiro atoms. The standard InChI is InChI=1S/C39H32F6N2O4/c1-18-12-19(2)30(20(3)13-18)32(38(40,41)42)31-21(4)14-25(15-22(31)5)47-35(50)27-11-9-24(17-29(27)36(47)51)37(6,39(43,44)45)23-8-10-26-28(16-23)34(49)46(7)33(26)48/h8-17,32H,1-7H3. The average molecular weight is 707 g/mol. The minimum Gasteiger partial charge on any atom is -0.277 e. The third-order valence-electron chi connectivity index (χ3n) is 10.2. The van der Waals surface area contributed by atoms with Gasteiger partial charge >= 0.3 is 12.4 Å². The summed E-state index contributed by atoms with van der Waals surface area (Å²) >= 11 is 0. The zero-order valence-electron chi connectivity index (χ0n) is 28.6. The molecule has 4 aromatic carbocycles. The van der Waals surface area contributed by atoms with E-state index < -0.39 is 52.9 Å². The van der Waals surface area contributed by atoms with E-state index in [1.165, 1.54) is 33.0 Å². The average Bonchev–Trinajstić information content (AvgIpc) is 3.40. The molecule has 2 aliphatic heterocycles. The predicted octanol–water partition coefficient (Wildman–Crippen LogP) is 8.82. The lowest BCUT2D eigenvalue weighted by Gasteiger charge is -2.33. The van der Waals surface area contributed by atoms with Crippen LogP contribution in [0, 0.1) is 34.6 Å². The van der Waals surface area contributed by atoms with Gasteiger partial charge in [0.1, 0.15) is 11.3 Å². The van der Waals surface area contributed by atoms with Gasteiger partial charge in [0.2, 0.25) is 0 Å². The van der Waals surface area contributed by atoms with Gasteiger partial charge in [-0.05, 0) is 122 Å². The van der Waals surface area contributed by atoms with E-state index in [9.17, 15) is 32.3 Å². The molecule has 2 aliphatic rings. The van der Waals surface area contributed by atoms with Gasteiger partial charge in [-0.2, -0.15) is 26.3 Å². The molecule has 51 heavy (non-hydrogen) atoms. The Morgan fingerprint density at radius 3 is 1.39 bits per heavy atom. The van der Waals surface area contributed by atoms with E-state index in [-0.39, 0.29) is 55.8 Å². The first kappa shape index (κ1) is 35.6. The Balaban J connectivity index is 1.42. The fraction of sp³-hybridized carbons (Fsp3) is 0.282. The number of alkyl halides is 6. The van der Waals surface area contributed by atoms with Crippen LogP contribution in [0.2, 0.25) is 0 Å². The van der Waals surface area contributed by atoms with Crippen LogP contribution in [-0.2, 0) is 5.41 Å². The number of aryl methyl sites for hydroxylation is 5. The highest BCUT2D eigenvalue weighted by molar-refractivity contribution is 6.34. The van der Waals surface area contributed by atoms with Crippen molar-refractivity contribution >= 4 is 29.3 Å². The molecule has 0 bridgehead atoms. The van der Waals surface area contributed by atoms with Crippen LogP contribution >= 0.6 is 0 Å². The molecule has 4 aromatic rings. The van der Waals surface area contributed by atoms with Gasteiger partial charge in [-0.3, -0.25) is 24.1 Å². The van der Waals surface area contributed by atoms with E-state index in [1.807, 2.05) is 0 Å². The maximum absolute atomic E-state index is 15.0. The maximum Gasteiger partial charge on any atom is 0.402 e. The van der Waals surface area contributed by atoms with Crippen molar-refractivity contribution in [2.45, 2.75) is 65.2 Å². The normalized spacial score (nSPS) is 16.5. The van der Waals surface area contributed by atoms with Crippen LogP contribution in [0.25, 0.3) is 0 Å². The number of benzene rings is 4. The lowest BCUT2D eigenvalue weighted by atomic mass is 9.74. The van der Waals surface area contributed by atoms with Crippen molar-refractivity contribution in [3.05, 3.63) is 133 Å². The first-order valence-electron chi connectivity index (χ1n) is 15.9. The van der Waals surface area contributed by atoms with Gasteiger partial charge in [0, 0.05) is 7.05 Å². The topological polar surface area (TPSA) is 74.8 Å². The molecule has 0 fully saturated rings. The Morgan fingerprint density at radius 1 is 0.549 bits per heavy atom. The van der Waals surface area contributed by atoms with Gasteiger partial charge in [-0.15, -0.1) is 0 Å². The summed E-state index contributed by atoms with van der Waals surface area (Å²) in [5.41, 5.74) is -2.13. The molecule has 0 saturated carbocycles. The Kier molecular flexibility index (Phi) is 8.12. The monoisotopic (exact) mass is 706 g/mol. The van der Waals surface area contributed by atoms with Crippen LogP contribution in [0.15, 0.2) is 60.7 Å².